The van der Waals surface area contributed by atoms with Crippen molar-refractivity contribution in [3.05, 3.63) is 64.5 Å². The molecule has 2 rings (SSSR count). The van der Waals surface area contributed by atoms with Gasteiger partial charge < -0.3 is 0 Å². The molecule has 0 fully saturated rings. The largest absolute Gasteiger partial charge is 0.222 e. The van der Waals surface area contributed by atoms with Crippen molar-refractivity contribution in [1.82, 2.24) is 0 Å². The van der Waals surface area contributed by atoms with Crippen LogP contribution in [0.25, 0.3) is 0 Å². The van der Waals surface area contributed by atoms with E-state index in [0.29, 0.717) is 0 Å². The lowest BCUT2D eigenvalue weighted by atomic mass is 10.1. The van der Waals surface area contributed by atoms with Crippen LogP contribution >= 0.6 is 0 Å². The second kappa shape index (κ2) is 8.38. The van der Waals surface area contributed by atoms with Gasteiger partial charge in [0.1, 0.15) is 0 Å². The van der Waals surface area contributed by atoms with Crippen LogP contribution in [-0.4, -0.2) is 0 Å². The zero-order valence-electron chi connectivity index (χ0n) is 13.8. The molecule has 0 atom stereocenters. The highest BCUT2D eigenvalue weighted by molar-refractivity contribution is 5.25. The Morgan fingerprint density at radius 2 is 1.35 bits per heavy atom. The van der Waals surface area contributed by atoms with Gasteiger partial charge in [0, 0.05) is 32.4 Å². The minimum atomic E-state index is -4.94. The predicted molar refractivity (Wildman–Crippen MR) is 75.7 cm³/mol. The fourth-order valence-corrected chi connectivity index (χ4v) is 2.61. The fourth-order valence-electron chi connectivity index (χ4n) is 2.61. The van der Waals surface area contributed by atoms with Crippen LogP contribution in [0.1, 0.15) is 28.1 Å². The van der Waals surface area contributed by atoms with Crippen LogP contribution in [0.15, 0.2) is 36.4 Å². The van der Waals surface area contributed by atoms with E-state index in [-0.39, 0.29) is 0 Å². The first-order chi connectivity index (χ1) is 10.6. The lowest BCUT2D eigenvalue weighted by Gasteiger charge is -2.17. The Hall–Kier alpha value is -1.50. The molecule has 0 saturated carbocycles. The molecule has 0 unspecified atom stereocenters. The third-order valence-electron chi connectivity index (χ3n) is 3.59. The molecule has 0 spiro atoms. The zero-order chi connectivity index (χ0) is 17.6. The minimum Gasteiger partial charge on any atom is -0.222 e. The average molecular weight is 340 g/mol. The first-order valence-electron chi connectivity index (χ1n) is 7.22. The van der Waals surface area contributed by atoms with Gasteiger partial charge in [-0.05, 0) is 30.5 Å². The quantitative estimate of drug-likeness (QED) is 0.649. The van der Waals surface area contributed by atoms with Crippen LogP contribution in [0.2, 0.25) is 0 Å². The second-order valence-corrected chi connectivity index (χ2v) is 6.28. The second-order valence-electron chi connectivity index (χ2n) is 5.52. The van der Waals surface area contributed by atoms with Crippen LogP contribution in [-0.2, 0) is 13.0 Å². The van der Waals surface area contributed by atoms with Crippen LogP contribution in [0, 0.1) is 37.9 Å². The molecular formula is C17H22ClNO4. The predicted octanol–water partition coefficient (Wildman–Crippen LogP) is -1.31. The van der Waals surface area contributed by atoms with Gasteiger partial charge in [-0.15, -0.1) is 10.2 Å². The summed E-state index contributed by atoms with van der Waals surface area (Å²) in [6, 6.07) is 13.2. The van der Waals surface area contributed by atoms with Crippen LogP contribution in [0.5, 0.6) is 0 Å². The van der Waals surface area contributed by atoms with Crippen LogP contribution in [0.3, 0.4) is 0 Å². The van der Waals surface area contributed by atoms with Crippen LogP contribution < -0.4 is 23.2 Å². The smallest absolute Gasteiger partial charge is 0.178 e. The number of aromatic nitrogens is 1. The molecule has 0 aliphatic carbocycles. The summed E-state index contributed by atoms with van der Waals surface area (Å²) in [7, 11) is -4.94. The third-order valence-corrected chi connectivity index (χ3v) is 3.59. The summed E-state index contributed by atoms with van der Waals surface area (Å²) in [5.74, 6) is 0. The Balaban J connectivity index is 0.000000463. The SMILES string of the molecule is Cc1cc(C)[n+](CCc2ccccc2C)c(C)c1.[O-][Cl+3]([O-])([O-])[O-]. The Kier molecular flexibility index (Phi) is 7.12. The Morgan fingerprint density at radius 3 is 1.83 bits per heavy atom. The molecule has 0 N–H and O–H groups in total. The van der Waals surface area contributed by atoms with Crippen molar-refractivity contribution < 1.29 is 33.4 Å². The van der Waals surface area contributed by atoms with E-state index in [1.807, 2.05) is 0 Å². The summed E-state index contributed by atoms with van der Waals surface area (Å²) in [5.41, 5.74) is 6.88. The molecule has 23 heavy (non-hydrogen) atoms. The lowest BCUT2D eigenvalue weighted by Crippen LogP contribution is -2.68. The molecule has 0 aliphatic heterocycles. The minimum absolute atomic E-state index is 1.06. The van der Waals surface area contributed by atoms with Crippen molar-refractivity contribution >= 4 is 0 Å². The molecule has 0 saturated heterocycles. The van der Waals surface area contributed by atoms with Gasteiger partial charge in [-0.3, -0.25) is 0 Å². The van der Waals surface area contributed by atoms with Crippen molar-refractivity contribution in [2.45, 2.75) is 40.7 Å². The molecule has 0 bridgehead atoms. The van der Waals surface area contributed by atoms with Gasteiger partial charge in [-0.25, -0.2) is 18.6 Å². The summed E-state index contributed by atoms with van der Waals surface area (Å²) in [6.45, 7) is 9.79. The topological polar surface area (TPSA) is 96.1 Å². The third kappa shape index (κ3) is 7.54. The standard InChI is InChI=1S/C17H22N.ClHO4/c1-13-11-15(3)18(16(4)12-13)10-9-17-8-6-5-7-14(17)2;2-1(3,4)5/h5-8,11-12H,9-10H2,1-4H3;(H,2,3,4,5)/q+1;/p-1. The van der Waals surface area contributed by atoms with Crippen molar-refractivity contribution in [3.63, 3.8) is 0 Å². The van der Waals surface area contributed by atoms with Crippen molar-refractivity contribution in [1.29, 1.82) is 0 Å². The van der Waals surface area contributed by atoms with E-state index in [9.17, 15) is 0 Å². The molecule has 1 aromatic carbocycles. The van der Waals surface area contributed by atoms with E-state index in [4.69, 9.17) is 18.6 Å². The maximum Gasteiger partial charge on any atom is 0.178 e. The lowest BCUT2D eigenvalue weighted by molar-refractivity contribution is -2.00. The highest BCUT2D eigenvalue weighted by Crippen LogP contribution is 2.08. The monoisotopic (exact) mass is 339 g/mol. The Morgan fingerprint density at radius 1 is 0.870 bits per heavy atom. The first-order valence-corrected chi connectivity index (χ1v) is 8.45. The number of rotatable bonds is 3. The molecule has 0 amide bonds. The molecule has 1 heterocycles. The first kappa shape index (κ1) is 19.5. The van der Waals surface area contributed by atoms with E-state index >= 15 is 0 Å². The normalized spacial score (nSPS) is 11.0. The van der Waals surface area contributed by atoms with E-state index in [2.05, 4.69) is 68.7 Å². The average Bonchev–Trinajstić information content (AvgIpc) is 2.37. The summed E-state index contributed by atoms with van der Waals surface area (Å²) < 4.78 is 36.4. The highest BCUT2D eigenvalue weighted by Gasteiger charge is 2.11. The van der Waals surface area contributed by atoms with E-state index in [0.717, 1.165) is 13.0 Å². The van der Waals surface area contributed by atoms with Gasteiger partial charge >= 0.3 is 0 Å². The molecule has 1 aromatic heterocycles. The Labute approximate surface area is 139 Å². The highest BCUT2D eigenvalue weighted by atomic mass is 35.7. The molecule has 2 aromatic rings. The van der Waals surface area contributed by atoms with Crippen molar-refractivity contribution in [2.24, 2.45) is 0 Å². The number of hydrogen-bond donors (Lipinski definition) is 0. The van der Waals surface area contributed by atoms with E-state index in [1.54, 1.807) is 0 Å². The molecule has 0 aliphatic rings. The van der Waals surface area contributed by atoms with Crippen molar-refractivity contribution in [2.75, 3.05) is 0 Å². The van der Waals surface area contributed by atoms with Crippen LogP contribution in [0.4, 0.5) is 0 Å². The van der Waals surface area contributed by atoms with E-state index < -0.39 is 10.2 Å². The summed E-state index contributed by atoms with van der Waals surface area (Å²) in [5, 5.41) is 0. The van der Waals surface area contributed by atoms with Gasteiger partial charge in [-0.1, -0.05) is 24.3 Å². The van der Waals surface area contributed by atoms with Crippen molar-refractivity contribution in [3.8, 4) is 0 Å². The van der Waals surface area contributed by atoms with Gasteiger partial charge in [-0.2, -0.15) is 4.57 Å². The van der Waals surface area contributed by atoms with Gasteiger partial charge in [0.05, 0.1) is 0 Å². The summed E-state index contributed by atoms with van der Waals surface area (Å²) in [4.78, 5) is 0. The maximum atomic E-state index is 8.49. The summed E-state index contributed by atoms with van der Waals surface area (Å²) in [6.07, 6.45) is 1.10. The fraction of sp³-hybridized carbons (Fsp3) is 0.353. The Bertz CT molecular complexity index is 624. The zero-order valence-corrected chi connectivity index (χ0v) is 14.6. The molecule has 6 heteroatoms. The summed E-state index contributed by atoms with van der Waals surface area (Å²) >= 11 is 0. The number of halogens is 1. The number of benzene rings is 1. The van der Waals surface area contributed by atoms with Gasteiger partial charge in [0.2, 0.25) is 0 Å². The molecular weight excluding hydrogens is 318 g/mol. The number of nitrogens with zero attached hydrogens (tertiary/aromatic N) is 1. The number of hydrogen-bond acceptors (Lipinski definition) is 4. The molecule has 5 nitrogen and oxygen atoms in total. The van der Waals surface area contributed by atoms with Gasteiger partial charge in [0.15, 0.2) is 17.9 Å². The number of aryl methyl sites for hydroxylation is 5. The maximum absolute atomic E-state index is 8.49. The molecule has 0 radical (unpaired) electrons. The van der Waals surface area contributed by atoms with E-state index in [1.165, 1.54) is 28.1 Å². The van der Waals surface area contributed by atoms with Gasteiger partial charge in [0.25, 0.3) is 0 Å². The molecule has 126 valence electrons. The number of pyridine rings is 1.